The van der Waals surface area contributed by atoms with Crippen LogP contribution in [-0.4, -0.2) is 48.7 Å². The molecular formula is C12H19N5O3. The number of methoxy groups -OCH3 is 1. The van der Waals surface area contributed by atoms with Crippen molar-refractivity contribution < 1.29 is 14.7 Å². The van der Waals surface area contributed by atoms with Crippen LogP contribution < -0.4 is 16.4 Å². The van der Waals surface area contributed by atoms with Crippen molar-refractivity contribution in [1.82, 2.24) is 15.6 Å². The van der Waals surface area contributed by atoms with E-state index < -0.39 is 0 Å². The van der Waals surface area contributed by atoms with E-state index in [1.54, 1.807) is 25.4 Å². The highest BCUT2D eigenvalue weighted by Gasteiger charge is 2.08. The van der Waals surface area contributed by atoms with Crippen molar-refractivity contribution in [3.05, 3.63) is 29.6 Å². The molecular weight excluding hydrogens is 262 g/mol. The molecule has 0 aliphatic carbocycles. The lowest BCUT2D eigenvalue weighted by atomic mass is 10.2. The van der Waals surface area contributed by atoms with Gasteiger partial charge in [0.15, 0.2) is 5.84 Å². The van der Waals surface area contributed by atoms with E-state index in [1.807, 2.05) is 0 Å². The Morgan fingerprint density at radius 1 is 1.60 bits per heavy atom. The first kappa shape index (κ1) is 15.9. The van der Waals surface area contributed by atoms with Crippen molar-refractivity contribution in [3.8, 4) is 0 Å². The molecule has 1 amide bonds. The summed E-state index contributed by atoms with van der Waals surface area (Å²) < 4.78 is 4.83. The zero-order valence-corrected chi connectivity index (χ0v) is 11.3. The second kappa shape index (κ2) is 8.83. The van der Waals surface area contributed by atoms with E-state index >= 15 is 0 Å². The predicted octanol–water partition coefficient (Wildman–Crippen LogP) is -0.972. The molecule has 8 nitrogen and oxygen atoms in total. The average Bonchev–Trinajstić information content (AvgIpc) is 2.47. The van der Waals surface area contributed by atoms with Gasteiger partial charge in [-0.05, 0) is 11.6 Å². The lowest BCUT2D eigenvalue weighted by molar-refractivity contribution is -0.120. The van der Waals surface area contributed by atoms with Crippen LogP contribution in [0.2, 0.25) is 0 Å². The lowest BCUT2D eigenvalue weighted by Crippen LogP contribution is -2.35. The number of rotatable bonds is 8. The van der Waals surface area contributed by atoms with Gasteiger partial charge in [-0.25, -0.2) is 0 Å². The fourth-order valence-corrected chi connectivity index (χ4v) is 1.52. The van der Waals surface area contributed by atoms with Crippen LogP contribution in [0.5, 0.6) is 0 Å². The van der Waals surface area contributed by atoms with Crippen LogP contribution in [0.3, 0.4) is 0 Å². The molecule has 0 unspecified atom stereocenters. The highest BCUT2D eigenvalue weighted by molar-refractivity contribution is 5.96. The molecule has 8 heteroatoms. The van der Waals surface area contributed by atoms with Gasteiger partial charge in [0.05, 0.1) is 13.2 Å². The van der Waals surface area contributed by atoms with Gasteiger partial charge in [0.25, 0.3) is 0 Å². The quantitative estimate of drug-likeness (QED) is 0.160. The van der Waals surface area contributed by atoms with E-state index in [4.69, 9.17) is 15.7 Å². The molecule has 5 N–H and O–H groups in total. The SMILES string of the molecule is COCCNC(=O)CNCc1cccnc1/C(N)=N/O. The van der Waals surface area contributed by atoms with Gasteiger partial charge in [-0.2, -0.15) is 0 Å². The van der Waals surface area contributed by atoms with Gasteiger partial charge in [0, 0.05) is 26.4 Å². The Hall–Kier alpha value is -2.19. The van der Waals surface area contributed by atoms with Gasteiger partial charge in [-0.15, -0.1) is 0 Å². The minimum Gasteiger partial charge on any atom is -0.409 e. The van der Waals surface area contributed by atoms with Gasteiger partial charge >= 0.3 is 0 Å². The Bertz CT molecular complexity index is 464. The number of nitrogens with zero attached hydrogens (tertiary/aromatic N) is 2. The second-order valence-corrected chi connectivity index (χ2v) is 3.94. The number of hydrogen-bond acceptors (Lipinski definition) is 6. The number of amidine groups is 1. The van der Waals surface area contributed by atoms with Gasteiger partial charge in [-0.1, -0.05) is 11.2 Å². The number of carbonyl (C=O) groups excluding carboxylic acids is 1. The lowest BCUT2D eigenvalue weighted by Gasteiger charge is -2.09. The van der Waals surface area contributed by atoms with Crippen molar-refractivity contribution >= 4 is 11.7 Å². The molecule has 1 rings (SSSR count). The van der Waals surface area contributed by atoms with E-state index in [9.17, 15) is 4.79 Å². The van der Waals surface area contributed by atoms with Crippen LogP contribution in [0, 0.1) is 0 Å². The van der Waals surface area contributed by atoms with E-state index in [1.165, 1.54) is 0 Å². The summed E-state index contributed by atoms with van der Waals surface area (Å²) in [5.74, 6) is -0.191. The number of pyridine rings is 1. The molecule has 0 spiro atoms. The van der Waals surface area contributed by atoms with Crippen LogP contribution in [0.25, 0.3) is 0 Å². The highest BCUT2D eigenvalue weighted by Crippen LogP contribution is 2.04. The largest absolute Gasteiger partial charge is 0.409 e. The number of aromatic nitrogens is 1. The Labute approximate surface area is 117 Å². The summed E-state index contributed by atoms with van der Waals surface area (Å²) in [5, 5.41) is 17.2. The maximum atomic E-state index is 11.4. The number of nitrogens with one attached hydrogen (secondary N) is 2. The molecule has 0 aliphatic heterocycles. The zero-order chi connectivity index (χ0) is 14.8. The van der Waals surface area contributed by atoms with Crippen LogP contribution in [0.15, 0.2) is 23.5 Å². The number of oxime groups is 1. The molecule has 110 valence electrons. The van der Waals surface area contributed by atoms with Gasteiger partial charge < -0.3 is 26.3 Å². The molecule has 0 atom stereocenters. The first-order valence-electron chi connectivity index (χ1n) is 6.07. The third-order valence-electron chi connectivity index (χ3n) is 2.47. The Balaban J connectivity index is 2.44. The fourth-order valence-electron chi connectivity index (χ4n) is 1.52. The molecule has 0 saturated heterocycles. The summed E-state index contributed by atoms with van der Waals surface area (Å²) in [6, 6.07) is 3.53. The molecule has 0 fully saturated rings. The monoisotopic (exact) mass is 281 g/mol. The molecule has 0 bridgehead atoms. The minimum absolute atomic E-state index is 0.0630. The first-order chi connectivity index (χ1) is 9.69. The predicted molar refractivity (Wildman–Crippen MR) is 73.3 cm³/mol. The third-order valence-corrected chi connectivity index (χ3v) is 2.47. The van der Waals surface area contributed by atoms with E-state index in [-0.39, 0.29) is 18.3 Å². The van der Waals surface area contributed by atoms with Crippen molar-refractivity contribution in [2.75, 3.05) is 26.8 Å². The molecule has 1 aromatic heterocycles. The van der Waals surface area contributed by atoms with E-state index in [2.05, 4.69) is 20.8 Å². The Kier molecular flexibility index (Phi) is 7.01. The summed E-state index contributed by atoms with van der Waals surface area (Å²) in [4.78, 5) is 15.5. The average molecular weight is 281 g/mol. The number of ether oxygens (including phenoxy) is 1. The number of nitrogens with two attached hydrogens (primary N) is 1. The maximum absolute atomic E-state index is 11.4. The molecule has 1 aromatic rings. The van der Waals surface area contributed by atoms with Gasteiger partial charge in [0.1, 0.15) is 5.69 Å². The van der Waals surface area contributed by atoms with E-state index in [0.29, 0.717) is 25.4 Å². The molecule has 0 radical (unpaired) electrons. The standard InChI is InChI=1S/C12H19N5O3/c1-20-6-5-15-10(18)8-14-7-9-3-2-4-16-11(9)12(13)17-19/h2-4,14,19H,5-8H2,1H3,(H2,13,17)(H,15,18). The van der Waals surface area contributed by atoms with Crippen molar-refractivity contribution in [3.63, 3.8) is 0 Å². The van der Waals surface area contributed by atoms with E-state index in [0.717, 1.165) is 5.56 Å². The molecule has 0 aromatic carbocycles. The van der Waals surface area contributed by atoms with Gasteiger partial charge in [0.2, 0.25) is 5.91 Å². The van der Waals surface area contributed by atoms with Crippen LogP contribution in [0.4, 0.5) is 0 Å². The summed E-state index contributed by atoms with van der Waals surface area (Å²) in [6.07, 6.45) is 1.55. The third kappa shape index (κ3) is 5.21. The molecule has 1 heterocycles. The Morgan fingerprint density at radius 2 is 2.40 bits per heavy atom. The van der Waals surface area contributed by atoms with Gasteiger partial charge in [-0.3, -0.25) is 9.78 Å². The van der Waals surface area contributed by atoms with Crippen molar-refractivity contribution in [2.24, 2.45) is 10.9 Å². The molecule has 0 saturated carbocycles. The molecule has 0 aliphatic rings. The smallest absolute Gasteiger partial charge is 0.234 e. The number of amides is 1. The number of hydrogen-bond donors (Lipinski definition) is 4. The summed E-state index contributed by atoms with van der Waals surface area (Å²) in [6.45, 7) is 1.49. The maximum Gasteiger partial charge on any atom is 0.234 e. The normalized spacial score (nSPS) is 11.3. The van der Waals surface area contributed by atoms with Crippen LogP contribution in [0.1, 0.15) is 11.3 Å². The topological polar surface area (TPSA) is 122 Å². The highest BCUT2D eigenvalue weighted by atomic mass is 16.5. The summed E-state index contributed by atoms with van der Waals surface area (Å²) in [5.41, 5.74) is 6.66. The Morgan fingerprint density at radius 3 is 3.10 bits per heavy atom. The fraction of sp³-hybridized carbons (Fsp3) is 0.417. The zero-order valence-electron chi connectivity index (χ0n) is 11.3. The first-order valence-corrected chi connectivity index (χ1v) is 6.07. The van der Waals surface area contributed by atoms with Crippen molar-refractivity contribution in [2.45, 2.75) is 6.54 Å². The summed E-state index contributed by atoms with van der Waals surface area (Å²) in [7, 11) is 1.57. The van der Waals surface area contributed by atoms with Crippen LogP contribution >= 0.6 is 0 Å². The minimum atomic E-state index is -0.128. The summed E-state index contributed by atoms with van der Waals surface area (Å²) >= 11 is 0. The second-order valence-electron chi connectivity index (χ2n) is 3.94. The molecule has 20 heavy (non-hydrogen) atoms. The van der Waals surface area contributed by atoms with Crippen molar-refractivity contribution in [1.29, 1.82) is 0 Å². The van der Waals surface area contributed by atoms with Crippen LogP contribution in [-0.2, 0) is 16.1 Å². The number of carbonyl (C=O) groups is 1.